The van der Waals surface area contributed by atoms with Crippen molar-refractivity contribution in [1.29, 1.82) is 0 Å². The molecule has 1 N–H and O–H groups in total. The quantitative estimate of drug-likeness (QED) is 0.640. The molecule has 0 bridgehead atoms. The van der Waals surface area contributed by atoms with Crippen LogP contribution in [0.5, 0.6) is 0 Å². The highest BCUT2D eigenvalue weighted by atomic mass is 28.4. The molecule has 0 aliphatic carbocycles. The number of esters is 1. The van der Waals surface area contributed by atoms with Crippen molar-refractivity contribution >= 4 is 14.3 Å². The van der Waals surface area contributed by atoms with Gasteiger partial charge in [0.2, 0.25) is 0 Å². The molecule has 0 amide bonds. The molecule has 5 heteroatoms. The number of carbonyl (C=O) groups excluding carboxylic acids is 1. The SMILES string of the molecule is C[C@@H]1[C@H](O)[C@@H](C)C(=O)O[C@H]1CO[Si](C)(C)C(C)(C)C. The fourth-order valence-corrected chi connectivity index (χ4v) is 2.89. The second kappa shape index (κ2) is 5.54. The Labute approximate surface area is 117 Å². The van der Waals surface area contributed by atoms with E-state index in [1.807, 2.05) is 6.92 Å². The van der Waals surface area contributed by atoms with Gasteiger partial charge in [-0.15, -0.1) is 0 Å². The zero-order valence-corrected chi connectivity index (χ0v) is 14.2. The van der Waals surface area contributed by atoms with Crippen molar-refractivity contribution in [2.24, 2.45) is 11.8 Å². The van der Waals surface area contributed by atoms with Crippen molar-refractivity contribution in [2.75, 3.05) is 6.61 Å². The molecule has 0 aromatic heterocycles. The van der Waals surface area contributed by atoms with Crippen LogP contribution in [0.1, 0.15) is 34.6 Å². The molecule has 0 aromatic carbocycles. The van der Waals surface area contributed by atoms with Crippen LogP contribution in [-0.2, 0) is 14.0 Å². The third kappa shape index (κ3) is 3.58. The summed E-state index contributed by atoms with van der Waals surface area (Å²) in [6.07, 6.45) is -0.984. The Morgan fingerprint density at radius 2 is 1.84 bits per heavy atom. The summed E-state index contributed by atoms with van der Waals surface area (Å²) in [5.74, 6) is -0.856. The average Bonchev–Trinajstić information content (AvgIpc) is 2.28. The smallest absolute Gasteiger partial charge is 0.311 e. The summed E-state index contributed by atoms with van der Waals surface area (Å²) in [7, 11) is -1.85. The van der Waals surface area contributed by atoms with Crippen LogP contribution < -0.4 is 0 Å². The Bertz CT molecular complexity index is 335. The molecule has 4 nitrogen and oxygen atoms in total. The summed E-state index contributed by atoms with van der Waals surface area (Å²) in [4.78, 5) is 11.7. The normalized spacial score (nSPS) is 33.2. The van der Waals surface area contributed by atoms with E-state index in [0.717, 1.165) is 0 Å². The molecule has 19 heavy (non-hydrogen) atoms. The van der Waals surface area contributed by atoms with Gasteiger partial charge < -0.3 is 14.3 Å². The lowest BCUT2D eigenvalue weighted by molar-refractivity contribution is -0.180. The van der Waals surface area contributed by atoms with E-state index in [2.05, 4.69) is 33.9 Å². The number of carbonyl (C=O) groups is 1. The van der Waals surface area contributed by atoms with Gasteiger partial charge in [0.1, 0.15) is 6.10 Å². The Kier molecular flexibility index (Phi) is 4.86. The zero-order chi connectivity index (χ0) is 15.0. The number of rotatable bonds is 3. The van der Waals surface area contributed by atoms with Crippen molar-refractivity contribution in [3.63, 3.8) is 0 Å². The Morgan fingerprint density at radius 1 is 1.32 bits per heavy atom. The van der Waals surface area contributed by atoms with Gasteiger partial charge in [0, 0.05) is 5.92 Å². The van der Waals surface area contributed by atoms with Gasteiger partial charge in [-0.3, -0.25) is 4.79 Å². The minimum Gasteiger partial charge on any atom is -0.459 e. The molecule has 0 radical (unpaired) electrons. The van der Waals surface area contributed by atoms with Crippen LogP contribution in [0.2, 0.25) is 18.1 Å². The van der Waals surface area contributed by atoms with E-state index >= 15 is 0 Å². The number of cyclic esters (lactones) is 1. The molecule has 0 unspecified atom stereocenters. The van der Waals surface area contributed by atoms with Crippen molar-refractivity contribution in [3.8, 4) is 0 Å². The van der Waals surface area contributed by atoms with Gasteiger partial charge in [-0.1, -0.05) is 27.7 Å². The van der Waals surface area contributed by atoms with Gasteiger partial charge in [0.25, 0.3) is 0 Å². The molecule has 4 atom stereocenters. The fourth-order valence-electron chi connectivity index (χ4n) is 1.87. The maximum atomic E-state index is 11.7. The molecule has 1 saturated heterocycles. The molecule has 1 fully saturated rings. The Balaban J connectivity index is 2.66. The first-order chi connectivity index (χ1) is 8.47. The number of aliphatic hydroxyl groups is 1. The van der Waals surface area contributed by atoms with Crippen LogP contribution in [0, 0.1) is 11.8 Å². The van der Waals surface area contributed by atoms with Gasteiger partial charge in [-0.25, -0.2) is 0 Å². The predicted octanol–water partition coefficient (Wildman–Crippen LogP) is 2.57. The summed E-state index contributed by atoms with van der Waals surface area (Å²) in [6.45, 7) is 14.9. The van der Waals surface area contributed by atoms with Crippen LogP contribution in [0.3, 0.4) is 0 Å². The minimum absolute atomic E-state index is 0.0857. The van der Waals surface area contributed by atoms with E-state index < -0.39 is 20.3 Å². The first kappa shape index (κ1) is 16.7. The highest BCUT2D eigenvalue weighted by molar-refractivity contribution is 6.74. The third-order valence-corrected chi connectivity index (χ3v) is 9.19. The highest BCUT2D eigenvalue weighted by Crippen LogP contribution is 2.37. The van der Waals surface area contributed by atoms with Crippen molar-refractivity contribution in [2.45, 2.75) is 65.0 Å². The summed E-state index contributed by atoms with van der Waals surface area (Å²) >= 11 is 0. The van der Waals surface area contributed by atoms with E-state index in [1.165, 1.54) is 0 Å². The standard InChI is InChI=1S/C14H28O4Si/c1-9-11(18-13(16)10(2)12(9)15)8-17-19(6,7)14(3,4)5/h9-12,15H,8H2,1-7H3/t9-,10+,11-,12-/m0/s1. The molecule has 0 spiro atoms. The summed E-state index contributed by atoms with van der Waals surface area (Å²) in [5, 5.41) is 10.2. The second-order valence-electron chi connectivity index (χ2n) is 7.19. The number of ether oxygens (including phenoxy) is 1. The van der Waals surface area contributed by atoms with Crippen molar-refractivity contribution < 1.29 is 19.1 Å². The molecule has 1 aliphatic heterocycles. The lowest BCUT2D eigenvalue weighted by Gasteiger charge is -2.40. The fraction of sp³-hybridized carbons (Fsp3) is 0.929. The van der Waals surface area contributed by atoms with Gasteiger partial charge in [0.15, 0.2) is 8.32 Å². The van der Waals surface area contributed by atoms with E-state index in [4.69, 9.17) is 9.16 Å². The van der Waals surface area contributed by atoms with Crippen LogP contribution in [0.15, 0.2) is 0 Å². The molecule has 1 rings (SSSR count). The molecular weight excluding hydrogens is 260 g/mol. The Hall–Kier alpha value is -0.393. The van der Waals surface area contributed by atoms with E-state index in [9.17, 15) is 9.90 Å². The van der Waals surface area contributed by atoms with E-state index in [0.29, 0.717) is 6.61 Å². The maximum Gasteiger partial charge on any atom is 0.311 e. The molecule has 112 valence electrons. The lowest BCUT2D eigenvalue weighted by atomic mass is 9.87. The predicted molar refractivity (Wildman–Crippen MR) is 77.4 cm³/mol. The molecule has 1 aliphatic rings. The molecule has 0 saturated carbocycles. The van der Waals surface area contributed by atoms with Crippen LogP contribution in [0.25, 0.3) is 0 Å². The minimum atomic E-state index is -1.85. The van der Waals surface area contributed by atoms with Crippen LogP contribution >= 0.6 is 0 Å². The van der Waals surface area contributed by atoms with Crippen LogP contribution in [-0.4, -0.2) is 38.2 Å². The third-order valence-electron chi connectivity index (χ3n) is 4.69. The molecular formula is C14H28O4Si. The van der Waals surface area contributed by atoms with Gasteiger partial charge in [-0.05, 0) is 25.1 Å². The van der Waals surface area contributed by atoms with Gasteiger partial charge in [-0.2, -0.15) is 0 Å². The summed E-state index contributed by atoms with van der Waals surface area (Å²) in [6, 6.07) is 0. The monoisotopic (exact) mass is 288 g/mol. The summed E-state index contributed by atoms with van der Waals surface area (Å²) < 4.78 is 11.5. The lowest BCUT2D eigenvalue weighted by Crippen LogP contribution is -2.51. The second-order valence-corrected chi connectivity index (χ2v) is 12.0. The first-order valence-corrected chi connectivity index (χ1v) is 9.90. The van der Waals surface area contributed by atoms with Gasteiger partial charge in [0.05, 0.1) is 18.6 Å². The molecule has 0 aromatic rings. The highest BCUT2D eigenvalue weighted by Gasteiger charge is 2.43. The topological polar surface area (TPSA) is 55.8 Å². The number of hydrogen-bond donors (Lipinski definition) is 1. The van der Waals surface area contributed by atoms with Crippen LogP contribution in [0.4, 0.5) is 0 Å². The largest absolute Gasteiger partial charge is 0.459 e. The summed E-state index contributed by atoms with van der Waals surface area (Å²) in [5.41, 5.74) is 0. The first-order valence-electron chi connectivity index (χ1n) is 7.00. The number of hydrogen-bond acceptors (Lipinski definition) is 4. The zero-order valence-electron chi connectivity index (χ0n) is 13.2. The van der Waals surface area contributed by atoms with E-state index in [-0.39, 0.29) is 23.0 Å². The Morgan fingerprint density at radius 3 is 2.32 bits per heavy atom. The maximum absolute atomic E-state index is 11.7. The van der Waals surface area contributed by atoms with Gasteiger partial charge >= 0.3 is 5.97 Å². The van der Waals surface area contributed by atoms with Crippen molar-refractivity contribution in [1.82, 2.24) is 0 Å². The van der Waals surface area contributed by atoms with Crippen molar-refractivity contribution in [3.05, 3.63) is 0 Å². The number of aliphatic hydroxyl groups excluding tert-OH is 1. The van der Waals surface area contributed by atoms with E-state index in [1.54, 1.807) is 6.92 Å². The average molecular weight is 288 g/mol. The molecule has 1 heterocycles.